The summed E-state index contributed by atoms with van der Waals surface area (Å²) in [5.41, 5.74) is 0. The lowest BCUT2D eigenvalue weighted by molar-refractivity contribution is 0.249. The van der Waals surface area contributed by atoms with E-state index in [0.717, 1.165) is 19.3 Å². The van der Waals surface area contributed by atoms with Crippen molar-refractivity contribution in [3.8, 4) is 0 Å². The van der Waals surface area contributed by atoms with Crippen molar-refractivity contribution >= 4 is 10.0 Å². The Morgan fingerprint density at radius 2 is 1.94 bits per heavy atom. The third kappa shape index (κ3) is 5.36. The summed E-state index contributed by atoms with van der Waals surface area (Å²) in [6.07, 6.45) is 4.24. The molecule has 0 radical (unpaired) electrons. The zero-order chi connectivity index (χ0) is 12.9. The molecule has 4 nitrogen and oxygen atoms in total. The fourth-order valence-electron chi connectivity index (χ4n) is 2.53. The van der Waals surface area contributed by atoms with Gasteiger partial charge in [0, 0.05) is 12.6 Å². The van der Waals surface area contributed by atoms with Crippen molar-refractivity contribution in [1.82, 2.24) is 4.72 Å². The summed E-state index contributed by atoms with van der Waals surface area (Å²) in [4.78, 5) is 0. The van der Waals surface area contributed by atoms with Crippen LogP contribution in [0.2, 0.25) is 0 Å². The standard InChI is InChI=1S/C12H25NO3S/c1-10-5-6-12(11(2)9-10)13-17(15,16)8-4-3-7-14/h10-14H,3-9H2,1-2H3. The molecule has 0 bridgehead atoms. The molecule has 0 aromatic rings. The summed E-state index contributed by atoms with van der Waals surface area (Å²) >= 11 is 0. The van der Waals surface area contributed by atoms with Crippen LogP contribution in [0, 0.1) is 11.8 Å². The molecular formula is C12H25NO3S. The van der Waals surface area contributed by atoms with Gasteiger partial charge in [-0.05, 0) is 43.9 Å². The van der Waals surface area contributed by atoms with E-state index in [0.29, 0.717) is 24.7 Å². The number of rotatable bonds is 6. The zero-order valence-corrected chi connectivity index (χ0v) is 11.7. The summed E-state index contributed by atoms with van der Waals surface area (Å²) in [7, 11) is -3.16. The predicted octanol–water partition coefficient (Wildman–Crippen LogP) is 1.50. The van der Waals surface area contributed by atoms with Gasteiger partial charge in [-0.25, -0.2) is 13.1 Å². The summed E-state index contributed by atoms with van der Waals surface area (Å²) in [5.74, 6) is 1.26. The highest BCUT2D eigenvalue weighted by Crippen LogP contribution is 2.28. The lowest BCUT2D eigenvalue weighted by Gasteiger charge is -2.32. The highest BCUT2D eigenvalue weighted by atomic mass is 32.2. The van der Waals surface area contributed by atoms with Gasteiger partial charge >= 0.3 is 0 Å². The second kappa shape index (κ2) is 6.71. The van der Waals surface area contributed by atoms with Gasteiger partial charge in [0.25, 0.3) is 0 Å². The van der Waals surface area contributed by atoms with Gasteiger partial charge in [0.2, 0.25) is 10.0 Å². The Hall–Kier alpha value is -0.130. The maximum absolute atomic E-state index is 11.8. The van der Waals surface area contributed by atoms with Crippen molar-refractivity contribution in [1.29, 1.82) is 0 Å². The van der Waals surface area contributed by atoms with Crippen LogP contribution in [0.1, 0.15) is 46.0 Å². The summed E-state index contributed by atoms with van der Waals surface area (Å²) in [6, 6.07) is 0.102. The average Bonchev–Trinajstić information content (AvgIpc) is 2.22. The van der Waals surface area contributed by atoms with Crippen LogP contribution in [0.25, 0.3) is 0 Å². The predicted molar refractivity (Wildman–Crippen MR) is 69.2 cm³/mol. The van der Waals surface area contributed by atoms with Crippen molar-refractivity contribution < 1.29 is 13.5 Å². The van der Waals surface area contributed by atoms with Gasteiger partial charge in [-0.15, -0.1) is 0 Å². The van der Waals surface area contributed by atoms with Crippen LogP contribution in [-0.4, -0.2) is 31.9 Å². The van der Waals surface area contributed by atoms with Crippen LogP contribution in [0.15, 0.2) is 0 Å². The minimum Gasteiger partial charge on any atom is -0.396 e. The van der Waals surface area contributed by atoms with E-state index in [4.69, 9.17) is 5.11 Å². The van der Waals surface area contributed by atoms with Crippen molar-refractivity contribution in [2.75, 3.05) is 12.4 Å². The van der Waals surface area contributed by atoms with Crippen molar-refractivity contribution in [2.45, 2.75) is 52.0 Å². The quantitative estimate of drug-likeness (QED) is 0.714. The highest BCUT2D eigenvalue weighted by Gasteiger charge is 2.28. The minimum atomic E-state index is -3.16. The van der Waals surface area contributed by atoms with Gasteiger partial charge in [-0.2, -0.15) is 0 Å². The van der Waals surface area contributed by atoms with E-state index in [2.05, 4.69) is 18.6 Å². The third-order valence-corrected chi connectivity index (χ3v) is 5.07. The molecule has 1 fully saturated rings. The van der Waals surface area contributed by atoms with Crippen LogP contribution in [0.4, 0.5) is 0 Å². The Balaban J connectivity index is 2.41. The molecule has 0 spiro atoms. The van der Waals surface area contributed by atoms with Crippen molar-refractivity contribution in [2.24, 2.45) is 11.8 Å². The topological polar surface area (TPSA) is 66.4 Å². The van der Waals surface area contributed by atoms with E-state index >= 15 is 0 Å². The van der Waals surface area contributed by atoms with Crippen molar-refractivity contribution in [3.63, 3.8) is 0 Å². The molecular weight excluding hydrogens is 238 g/mol. The number of unbranched alkanes of at least 4 members (excludes halogenated alkanes) is 1. The highest BCUT2D eigenvalue weighted by molar-refractivity contribution is 7.89. The molecule has 1 rings (SSSR count). The van der Waals surface area contributed by atoms with E-state index in [9.17, 15) is 8.42 Å². The molecule has 1 saturated carbocycles. The molecule has 3 atom stereocenters. The second-order valence-corrected chi connectivity index (χ2v) is 7.24. The second-order valence-electron chi connectivity index (χ2n) is 5.37. The van der Waals surface area contributed by atoms with E-state index < -0.39 is 10.0 Å². The Kier molecular flexibility index (Phi) is 5.89. The number of nitrogens with one attached hydrogen (secondary N) is 1. The van der Waals surface area contributed by atoms with E-state index in [1.807, 2.05) is 0 Å². The zero-order valence-electron chi connectivity index (χ0n) is 10.9. The number of aliphatic hydroxyl groups is 1. The first-order valence-corrected chi connectivity index (χ1v) is 8.20. The van der Waals surface area contributed by atoms with E-state index in [1.165, 1.54) is 0 Å². The van der Waals surface area contributed by atoms with Gasteiger partial charge < -0.3 is 5.11 Å². The molecule has 0 aromatic carbocycles. The maximum Gasteiger partial charge on any atom is 0.211 e. The third-order valence-electron chi connectivity index (χ3n) is 3.58. The maximum atomic E-state index is 11.8. The molecule has 0 aliphatic heterocycles. The Bertz CT molecular complexity index is 316. The normalized spacial score (nSPS) is 30.4. The van der Waals surface area contributed by atoms with Gasteiger partial charge in [0.15, 0.2) is 0 Å². The Labute approximate surface area is 105 Å². The number of hydrogen-bond acceptors (Lipinski definition) is 3. The van der Waals surface area contributed by atoms with Gasteiger partial charge in [0.1, 0.15) is 0 Å². The molecule has 3 unspecified atom stereocenters. The fraction of sp³-hybridized carbons (Fsp3) is 1.00. The SMILES string of the molecule is CC1CCC(NS(=O)(=O)CCCCO)C(C)C1. The molecule has 1 aliphatic carbocycles. The molecule has 0 saturated heterocycles. The van der Waals surface area contributed by atoms with Crippen LogP contribution < -0.4 is 4.72 Å². The lowest BCUT2D eigenvalue weighted by atomic mass is 9.80. The fourth-order valence-corrected chi connectivity index (χ4v) is 4.05. The average molecular weight is 263 g/mol. The molecule has 0 aromatic heterocycles. The molecule has 1 aliphatic rings. The smallest absolute Gasteiger partial charge is 0.211 e. The molecule has 0 amide bonds. The first-order valence-electron chi connectivity index (χ1n) is 6.55. The van der Waals surface area contributed by atoms with Gasteiger partial charge in [0.05, 0.1) is 5.75 Å². The van der Waals surface area contributed by atoms with Gasteiger partial charge in [-0.3, -0.25) is 0 Å². The molecule has 17 heavy (non-hydrogen) atoms. The minimum absolute atomic E-state index is 0.0624. The van der Waals surface area contributed by atoms with Crippen LogP contribution in [0.5, 0.6) is 0 Å². The molecule has 0 heterocycles. The van der Waals surface area contributed by atoms with E-state index in [1.54, 1.807) is 0 Å². The molecule has 2 N–H and O–H groups in total. The van der Waals surface area contributed by atoms with E-state index in [-0.39, 0.29) is 18.4 Å². The number of hydrogen-bond donors (Lipinski definition) is 2. The Morgan fingerprint density at radius 1 is 1.24 bits per heavy atom. The van der Waals surface area contributed by atoms with Gasteiger partial charge in [-0.1, -0.05) is 13.8 Å². The lowest BCUT2D eigenvalue weighted by Crippen LogP contribution is -2.43. The first kappa shape index (κ1) is 14.9. The van der Waals surface area contributed by atoms with Crippen LogP contribution >= 0.6 is 0 Å². The number of sulfonamides is 1. The van der Waals surface area contributed by atoms with Crippen LogP contribution in [0.3, 0.4) is 0 Å². The first-order chi connectivity index (χ1) is 7.94. The molecule has 102 valence electrons. The van der Waals surface area contributed by atoms with Crippen LogP contribution in [-0.2, 0) is 10.0 Å². The van der Waals surface area contributed by atoms with Crippen molar-refractivity contribution in [3.05, 3.63) is 0 Å². The molecule has 5 heteroatoms. The largest absolute Gasteiger partial charge is 0.396 e. The summed E-state index contributed by atoms with van der Waals surface area (Å²) in [5, 5.41) is 8.64. The summed E-state index contributed by atoms with van der Waals surface area (Å²) < 4.78 is 26.4. The monoisotopic (exact) mass is 263 g/mol. The number of aliphatic hydroxyl groups excluding tert-OH is 1. The summed E-state index contributed by atoms with van der Waals surface area (Å²) in [6.45, 7) is 4.41. The Morgan fingerprint density at radius 3 is 2.53 bits per heavy atom.